The van der Waals surface area contributed by atoms with Crippen molar-refractivity contribution in [2.24, 2.45) is 4.99 Å². The summed E-state index contributed by atoms with van der Waals surface area (Å²) in [4.78, 5) is 17.2. The highest BCUT2D eigenvalue weighted by molar-refractivity contribution is 7.16. The molecule has 0 N–H and O–H groups in total. The average Bonchev–Trinajstić information content (AvgIpc) is 2.85. The van der Waals surface area contributed by atoms with Crippen molar-refractivity contribution < 1.29 is 4.79 Å². The third-order valence-electron chi connectivity index (χ3n) is 3.43. The summed E-state index contributed by atoms with van der Waals surface area (Å²) < 4.78 is 2.87. The maximum atomic E-state index is 12.2. The molecule has 0 aliphatic carbocycles. The van der Waals surface area contributed by atoms with E-state index in [4.69, 9.17) is 23.2 Å². The average molecular weight is 365 g/mol. The number of nitrogens with zero attached hydrogens (tertiary/aromatic N) is 2. The topological polar surface area (TPSA) is 34.4 Å². The van der Waals surface area contributed by atoms with Gasteiger partial charge in [-0.05, 0) is 24.6 Å². The van der Waals surface area contributed by atoms with Crippen LogP contribution in [-0.4, -0.2) is 10.5 Å². The highest BCUT2D eigenvalue weighted by atomic mass is 35.5. The summed E-state index contributed by atoms with van der Waals surface area (Å²) in [6, 6.07) is 13.1. The largest absolute Gasteiger partial charge is 0.315 e. The lowest BCUT2D eigenvalue weighted by Gasteiger charge is -2.02. The van der Waals surface area contributed by atoms with Crippen LogP contribution in [0.25, 0.3) is 10.2 Å². The van der Waals surface area contributed by atoms with Crippen molar-refractivity contribution in [1.82, 2.24) is 4.57 Å². The Balaban J connectivity index is 2.05. The van der Waals surface area contributed by atoms with Crippen LogP contribution in [0, 0.1) is 0 Å². The van der Waals surface area contributed by atoms with Crippen molar-refractivity contribution in [2.75, 3.05) is 0 Å². The summed E-state index contributed by atoms with van der Waals surface area (Å²) in [6.45, 7) is 2.68. The lowest BCUT2D eigenvalue weighted by Crippen LogP contribution is -2.16. The van der Waals surface area contributed by atoms with Crippen molar-refractivity contribution in [3.63, 3.8) is 0 Å². The third-order valence-corrected chi connectivity index (χ3v) is 4.96. The first kappa shape index (κ1) is 16.2. The molecule has 23 heavy (non-hydrogen) atoms. The Morgan fingerprint density at radius 2 is 1.96 bits per heavy atom. The Hall–Kier alpha value is -1.62. The fourth-order valence-corrected chi connectivity index (χ4v) is 4.32. The second kappa shape index (κ2) is 6.87. The predicted octanol–water partition coefficient (Wildman–Crippen LogP) is 4.70. The summed E-state index contributed by atoms with van der Waals surface area (Å²) in [7, 11) is 0. The maximum absolute atomic E-state index is 12.2. The molecule has 118 valence electrons. The number of carbonyl (C=O) groups excluding carboxylic acids is 1. The van der Waals surface area contributed by atoms with Gasteiger partial charge in [0.15, 0.2) is 4.80 Å². The smallest absolute Gasteiger partial charge is 0.252 e. The number of aromatic nitrogens is 1. The van der Waals surface area contributed by atoms with E-state index in [-0.39, 0.29) is 12.3 Å². The number of carbonyl (C=O) groups is 1. The summed E-state index contributed by atoms with van der Waals surface area (Å²) in [5.41, 5.74) is 1.82. The van der Waals surface area contributed by atoms with Gasteiger partial charge in [-0.15, -0.1) is 0 Å². The highest BCUT2D eigenvalue weighted by Gasteiger charge is 2.11. The fraction of sp³-hybridized carbons (Fsp3) is 0.176. The number of fused-ring (bicyclic) bond motifs is 1. The molecule has 0 saturated carbocycles. The number of benzene rings is 2. The van der Waals surface area contributed by atoms with E-state index >= 15 is 0 Å². The number of halogens is 2. The minimum atomic E-state index is -0.174. The molecule has 0 saturated heterocycles. The van der Waals surface area contributed by atoms with Crippen molar-refractivity contribution in [1.29, 1.82) is 0 Å². The predicted molar refractivity (Wildman–Crippen MR) is 96.2 cm³/mol. The van der Waals surface area contributed by atoms with E-state index in [9.17, 15) is 4.79 Å². The van der Waals surface area contributed by atoms with E-state index in [1.807, 2.05) is 47.9 Å². The van der Waals surface area contributed by atoms with Crippen molar-refractivity contribution in [3.8, 4) is 0 Å². The molecule has 0 unspecified atom stereocenters. The fourth-order valence-electron chi connectivity index (χ4n) is 2.42. The molecule has 3 nitrogen and oxygen atoms in total. The number of hydrogen-bond donors (Lipinski definition) is 0. The normalized spacial score (nSPS) is 12.0. The van der Waals surface area contributed by atoms with Crippen LogP contribution < -0.4 is 4.80 Å². The highest BCUT2D eigenvalue weighted by Crippen LogP contribution is 2.29. The Morgan fingerprint density at radius 3 is 2.65 bits per heavy atom. The molecule has 0 aliphatic heterocycles. The van der Waals surface area contributed by atoms with Crippen LogP contribution in [0.5, 0.6) is 0 Å². The number of amides is 1. The van der Waals surface area contributed by atoms with Gasteiger partial charge in [0.05, 0.1) is 21.7 Å². The van der Waals surface area contributed by atoms with Gasteiger partial charge in [0.25, 0.3) is 5.91 Å². The zero-order valence-electron chi connectivity index (χ0n) is 12.4. The van der Waals surface area contributed by atoms with E-state index in [0.717, 1.165) is 15.8 Å². The van der Waals surface area contributed by atoms with Gasteiger partial charge in [-0.3, -0.25) is 4.79 Å². The van der Waals surface area contributed by atoms with E-state index in [0.29, 0.717) is 21.4 Å². The quantitative estimate of drug-likeness (QED) is 0.663. The number of aryl methyl sites for hydroxylation is 1. The van der Waals surface area contributed by atoms with Crippen molar-refractivity contribution in [2.45, 2.75) is 19.9 Å². The van der Waals surface area contributed by atoms with Gasteiger partial charge in [-0.1, -0.05) is 64.9 Å². The van der Waals surface area contributed by atoms with Gasteiger partial charge in [0, 0.05) is 11.6 Å². The Kier molecular flexibility index (Phi) is 4.85. The monoisotopic (exact) mass is 364 g/mol. The Bertz CT molecular complexity index is 929. The molecule has 1 heterocycles. The molecule has 2 aromatic carbocycles. The van der Waals surface area contributed by atoms with Crippen LogP contribution in [-0.2, 0) is 17.8 Å². The van der Waals surface area contributed by atoms with Gasteiger partial charge in [0.1, 0.15) is 0 Å². The van der Waals surface area contributed by atoms with Gasteiger partial charge in [-0.25, -0.2) is 0 Å². The zero-order valence-corrected chi connectivity index (χ0v) is 14.8. The van der Waals surface area contributed by atoms with E-state index in [1.165, 1.54) is 11.3 Å². The number of thiazole rings is 1. The van der Waals surface area contributed by atoms with Gasteiger partial charge >= 0.3 is 0 Å². The van der Waals surface area contributed by atoms with Crippen LogP contribution in [0.1, 0.15) is 12.5 Å². The van der Waals surface area contributed by atoms with E-state index in [1.54, 1.807) is 6.07 Å². The molecule has 0 atom stereocenters. The third kappa shape index (κ3) is 3.50. The lowest BCUT2D eigenvalue weighted by molar-refractivity contribution is -0.117. The molecule has 3 aromatic rings. The molecule has 1 amide bonds. The SMILES string of the molecule is CCn1c(=NC(=O)Cc2ccccc2)sc2cc(Cl)cc(Cl)c21. The first-order valence-corrected chi connectivity index (χ1v) is 8.75. The molecular weight excluding hydrogens is 351 g/mol. The molecule has 1 aromatic heterocycles. The van der Waals surface area contributed by atoms with E-state index in [2.05, 4.69) is 4.99 Å². The van der Waals surface area contributed by atoms with Gasteiger partial charge in [-0.2, -0.15) is 4.99 Å². The second-order valence-electron chi connectivity index (χ2n) is 5.03. The minimum Gasteiger partial charge on any atom is -0.315 e. The first-order chi connectivity index (χ1) is 11.1. The molecule has 0 radical (unpaired) electrons. The molecule has 6 heteroatoms. The maximum Gasteiger partial charge on any atom is 0.252 e. The minimum absolute atomic E-state index is 0.174. The van der Waals surface area contributed by atoms with Crippen LogP contribution >= 0.6 is 34.5 Å². The van der Waals surface area contributed by atoms with Crippen LogP contribution in [0.4, 0.5) is 0 Å². The summed E-state index contributed by atoms with van der Waals surface area (Å²) in [5, 5.41) is 1.15. The van der Waals surface area contributed by atoms with Gasteiger partial charge < -0.3 is 4.57 Å². The number of rotatable bonds is 3. The Morgan fingerprint density at radius 1 is 1.22 bits per heavy atom. The zero-order chi connectivity index (χ0) is 16.4. The molecule has 0 fully saturated rings. The van der Waals surface area contributed by atoms with Crippen molar-refractivity contribution >= 4 is 50.7 Å². The molecule has 0 spiro atoms. The van der Waals surface area contributed by atoms with Crippen LogP contribution in [0.15, 0.2) is 47.5 Å². The van der Waals surface area contributed by atoms with Crippen molar-refractivity contribution in [3.05, 3.63) is 62.9 Å². The summed E-state index contributed by atoms with van der Waals surface area (Å²) in [5.74, 6) is -0.174. The first-order valence-electron chi connectivity index (χ1n) is 7.18. The van der Waals surface area contributed by atoms with Gasteiger partial charge in [0.2, 0.25) is 0 Å². The molecule has 0 aliphatic rings. The summed E-state index contributed by atoms with van der Waals surface area (Å²) in [6.07, 6.45) is 0.285. The van der Waals surface area contributed by atoms with Crippen LogP contribution in [0.2, 0.25) is 10.0 Å². The Labute approximate surface area is 147 Å². The van der Waals surface area contributed by atoms with Crippen LogP contribution in [0.3, 0.4) is 0 Å². The number of hydrogen-bond acceptors (Lipinski definition) is 2. The summed E-state index contributed by atoms with van der Waals surface area (Å²) >= 11 is 13.8. The van der Waals surface area contributed by atoms with E-state index < -0.39 is 0 Å². The lowest BCUT2D eigenvalue weighted by atomic mass is 10.1. The standard InChI is InChI=1S/C17H14Cl2N2OS/c1-2-21-16-13(19)9-12(18)10-14(16)23-17(21)20-15(22)8-11-6-4-3-5-7-11/h3-7,9-10H,2,8H2,1H3. The molecule has 0 bridgehead atoms. The molecular formula is C17H14Cl2N2OS. The molecule has 3 rings (SSSR count). The second-order valence-corrected chi connectivity index (χ2v) is 6.88.